The third-order valence-electron chi connectivity index (χ3n) is 2.10. The molecule has 1 aromatic heterocycles. The van der Waals surface area contributed by atoms with E-state index in [0.717, 1.165) is 11.3 Å². The fourth-order valence-corrected chi connectivity index (χ4v) is 1.30. The zero-order valence-corrected chi connectivity index (χ0v) is 8.31. The molecule has 0 N–H and O–H groups in total. The molecule has 15 heavy (non-hydrogen) atoms. The van der Waals surface area contributed by atoms with Crippen LogP contribution < -0.4 is 0 Å². The fourth-order valence-electron chi connectivity index (χ4n) is 1.30. The van der Waals surface area contributed by atoms with E-state index in [-0.39, 0.29) is 5.82 Å². The number of benzene rings is 1. The molecule has 0 amide bonds. The minimum atomic E-state index is 0.202. The first kappa shape index (κ1) is 9.35. The van der Waals surface area contributed by atoms with Crippen LogP contribution in [0, 0.1) is 18.3 Å². The number of aromatic nitrogens is 2. The number of aryl methyl sites for hydroxylation is 1. The van der Waals surface area contributed by atoms with Gasteiger partial charge in [0, 0.05) is 11.8 Å². The van der Waals surface area contributed by atoms with Crippen molar-refractivity contribution in [3.05, 3.63) is 47.9 Å². The molecule has 0 spiro atoms. The second-order valence-corrected chi connectivity index (χ2v) is 3.24. The van der Waals surface area contributed by atoms with Crippen LogP contribution in [0.15, 0.2) is 36.5 Å². The largest absolute Gasteiger partial charge is 0.232 e. The molecule has 1 aromatic carbocycles. The summed E-state index contributed by atoms with van der Waals surface area (Å²) in [5, 5.41) is 8.68. The number of rotatable bonds is 1. The third kappa shape index (κ3) is 2.00. The lowest BCUT2D eigenvalue weighted by atomic mass is 10.1. The maximum absolute atomic E-state index is 8.68. The number of nitriles is 1. The minimum absolute atomic E-state index is 0.202. The van der Waals surface area contributed by atoms with Crippen molar-refractivity contribution in [1.29, 1.82) is 5.26 Å². The van der Waals surface area contributed by atoms with Crippen LogP contribution in [0.25, 0.3) is 11.3 Å². The highest BCUT2D eigenvalue weighted by Crippen LogP contribution is 2.16. The van der Waals surface area contributed by atoms with Crippen molar-refractivity contribution in [2.24, 2.45) is 0 Å². The van der Waals surface area contributed by atoms with Crippen LogP contribution in [0.5, 0.6) is 0 Å². The van der Waals surface area contributed by atoms with E-state index in [1.165, 1.54) is 5.56 Å². The van der Waals surface area contributed by atoms with E-state index in [1.54, 1.807) is 12.3 Å². The Balaban J connectivity index is 2.46. The number of hydrogen-bond acceptors (Lipinski definition) is 3. The number of nitrogens with zero attached hydrogens (tertiary/aromatic N) is 3. The molecule has 3 nitrogen and oxygen atoms in total. The Morgan fingerprint density at radius 3 is 2.53 bits per heavy atom. The van der Waals surface area contributed by atoms with Gasteiger partial charge in [-0.15, -0.1) is 0 Å². The summed E-state index contributed by atoms with van der Waals surface area (Å²) in [6, 6.07) is 11.7. The van der Waals surface area contributed by atoms with E-state index in [0.29, 0.717) is 0 Å². The van der Waals surface area contributed by atoms with Gasteiger partial charge in [0.25, 0.3) is 0 Å². The first-order valence-electron chi connectivity index (χ1n) is 4.60. The molecule has 1 heterocycles. The minimum Gasteiger partial charge on any atom is -0.227 e. The summed E-state index contributed by atoms with van der Waals surface area (Å²) in [5.41, 5.74) is 2.98. The first-order chi connectivity index (χ1) is 7.29. The molecule has 0 atom stereocenters. The van der Waals surface area contributed by atoms with Crippen molar-refractivity contribution in [3.63, 3.8) is 0 Å². The van der Waals surface area contributed by atoms with E-state index in [1.807, 2.05) is 37.3 Å². The van der Waals surface area contributed by atoms with Crippen LogP contribution in [0.3, 0.4) is 0 Å². The Morgan fingerprint density at radius 1 is 1.13 bits per heavy atom. The molecule has 0 saturated heterocycles. The maximum Gasteiger partial charge on any atom is 0.232 e. The van der Waals surface area contributed by atoms with E-state index in [4.69, 9.17) is 5.26 Å². The van der Waals surface area contributed by atoms with Gasteiger partial charge in [-0.3, -0.25) is 0 Å². The standard InChI is InChI=1S/C12H9N3/c1-9-2-4-10(5-3-9)11-6-7-14-12(8-13)15-11/h2-7H,1H3. The average Bonchev–Trinajstić information content (AvgIpc) is 2.30. The van der Waals surface area contributed by atoms with Crippen LogP contribution >= 0.6 is 0 Å². The van der Waals surface area contributed by atoms with Gasteiger partial charge in [0.05, 0.1) is 5.69 Å². The predicted molar refractivity (Wildman–Crippen MR) is 56.9 cm³/mol. The maximum atomic E-state index is 8.68. The molecular weight excluding hydrogens is 186 g/mol. The highest BCUT2D eigenvalue weighted by molar-refractivity contribution is 5.59. The van der Waals surface area contributed by atoms with Crippen molar-refractivity contribution in [2.75, 3.05) is 0 Å². The lowest BCUT2D eigenvalue weighted by Gasteiger charge is -2.00. The van der Waals surface area contributed by atoms with Crippen LogP contribution in [-0.2, 0) is 0 Å². The van der Waals surface area contributed by atoms with Gasteiger partial charge in [0.2, 0.25) is 5.82 Å². The Hall–Kier alpha value is -2.21. The Kier molecular flexibility index (Phi) is 2.42. The molecule has 0 fully saturated rings. The second-order valence-electron chi connectivity index (χ2n) is 3.24. The van der Waals surface area contributed by atoms with Gasteiger partial charge < -0.3 is 0 Å². The van der Waals surface area contributed by atoms with Crippen LogP contribution in [0.1, 0.15) is 11.4 Å². The normalized spacial score (nSPS) is 9.60. The van der Waals surface area contributed by atoms with Gasteiger partial charge in [0.1, 0.15) is 6.07 Å². The molecule has 3 heteroatoms. The van der Waals surface area contributed by atoms with Gasteiger partial charge in [-0.1, -0.05) is 29.8 Å². The van der Waals surface area contributed by atoms with Crippen molar-refractivity contribution < 1.29 is 0 Å². The van der Waals surface area contributed by atoms with Crippen molar-refractivity contribution in [1.82, 2.24) is 9.97 Å². The molecule has 0 radical (unpaired) electrons. The van der Waals surface area contributed by atoms with Crippen LogP contribution in [0.4, 0.5) is 0 Å². The Labute approximate surface area is 88.1 Å². The summed E-state index contributed by atoms with van der Waals surface area (Å²) in [5.74, 6) is 0.202. The highest BCUT2D eigenvalue weighted by Gasteiger charge is 2.00. The van der Waals surface area contributed by atoms with Gasteiger partial charge in [-0.05, 0) is 13.0 Å². The monoisotopic (exact) mass is 195 g/mol. The molecule has 2 rings (SSSR count). The topological polar surface area (TPSA) is 49.6 Å². The quantitative estimate of drug-likeness (QED) is 0.701. The summed E-state index contributed by atoms with van der Waals surface area (Å²) in [7, 11) is 0. The second kappa shape index (κ2) is 3.89. The summed E-state index contributed by atoms with van der Waals surface area (Å²) in [4.78, 5) is 7.95. The summed E-state index contributed by atoms with van der Waals surface area (Å²) >= 11 is 0. The number of hydrogen-bond donors (Lipinski definition) is 0. The zero-order chi connectivity index (χ0) is 10.7. The SMILES string of the molecule is Cc1ccc(-c2ccnc(C#N)n2)cc1. The van der Waals surface area contributed by atoms with E-state index in [2.05, 4.69) is 9.97 Å². The van der Waals surface area contributed by atoms with Crippen LogP contribution in [0.2, 0.25) is 0 Å². The molecular formula is C12H9N3. The first-order valence-corrected chi connectivity index (χ1v) is 4.60. The molecule has 0 aliphatic carbocycles. The fraction of sp³-hybridized carbons (Fsp3) is 0.0833. The lowest BCUT2D eigenvalue weighted by molar-refractivity contribution is 1.12. The molecule has 0 saturated carbocycles. The summed E-state index contributed by atoms with van der Waals surface area (Å²) in [6.07, 6.45) is 1.60. The molecule has 72 valence electrons. The summed E-state index contributed by atoms with van der Waals surface area (Å²) < 4.78 is 0. The molecule has 0 unspecified atom stereocenters. The Bertz CT molecular complexity index is 509. The smallest absolute Gasteiger partial charge is 0.227 e. The van der Waals surface area contributed by atoms with Gasteiger partial charge in [-0.2, -0.15) is 5.26 Å². The van der Waals surface area contributed by atoms with Crippen molar-refractivity contribution >= 4 is 0 Å². The lowest BCUT2D eigenvalue weighted by Crippen LogP contribution is -1.90. The van der Waals surface area contributed by atoms with Crippen molar-refractivity contribution in [2.45, 2.75) is 6.92 Å². The van der Waals surface area contributed by atoms with Gasteiger partial charge >= 0.3 is 0 Å². The predicted octanol–water partition coefficient (Wildman–Crippen LogP) is 2.32. The Morgan fingerprint density at radius 2 is 1.87 bits per heavy atom. The highest BCUT2D eigenvalue weighted by atomic mass is 14.9. The molecule has 0 aliphatic heterocycles. The third-order valence-corrected chi connectivity index (χ3v) is 2.10. The average molecular weight is 195 g/mol. The molecule has 2 aromatic rings. The van der Waals surface area contributed by atoms with E-state index < -0.39 is 0 Å². The van der Waals surface area contributed by atoms with E-state index in [9.17, 15) is 0 Å². The summed E-state index contributed by atoms with van der Waals surface area (Å²) in [6.45, 7) is 2.03. The van der Waals surface area contributed by atoms with E-state index >= 15 is 0 Å². The van der Waals surface area contributed by atoms with Gasteiger partial charge in [0.15, 0.2) is 0 Å². The molecule has 0 bridgehead atoms. The van der Waals surface area contributed by atoms with Crippen LogP contribution in [-0.4, -0.2) is 9.97 Å². The van der Waals surface area contributed by atoms with Crippen molar-refractivity contribution in [3.8, 4) is 17.3 Å². The molecule has 0 aliphatic rings. The zero-order valence-electron chi connectivity index (χ0n) is 8.31. The van der Waals surface area contributed by atoms with Gasteiger partial charge in [-0.25, -0.2) is 9.97 Å².